The number of rotatable bonds is 4. The summed E-state index contributed by atoms with van der Waals surface area (Å²) in [5, 5.41) is 12.4. The van der Waals surface area contributed by atoms with Crippen LogP contribution >= 0.6 is 15.9 Å². The van der Waals surface area contributed by atoms with Crippen molar-refractivity contribution in [2.45, 2.75) is 25.5 Å². The van der Waals surface area contributed by atoms with Crippen LogP contribution in [-0.2, 0) is 4.74 Å². The van der Waals surface area contributed by atoms with Crippen LogP contribution in [-0.4, -0.2) is 18.8 Å². The molecule has 0 amide bonds. The van der Waals surface area contributed by atoms with Crippen LogP contribution in [0.5, 0.6) is 0 Å². The summed E-state index contributed by atoms with van der Waals surface area (Å²) in [4.78, 5) is 0. The van der Waals surface area contributed by atoms with Crippen LogP contribution in [0.1, 0.15) is 13.8 Å². The van der Waals surface area contributed by atoms with Crippen molar-refractivity contribution >= 4 is 21.6 Å². The van der Waals surface area contributed by atoms with E-state index in [9.17, 15) is 5.26 Å². The Morgan fingerprint density at radius 1 is 1.50 bits per heavy atom. The van der Waals surface area contributed by atoms with E-state index in [1.54, 1.807) is 7.11 Å². The number of methoxy groups -OCH3 is 1. The van der Waals surface area contributed by atoms with Crippen molar-refractivity contribution in [1.29, 1.82) is 5.26 Å². The summed E-state index contributed by atoms with van der Waals surface area (Å²) in [7, 11) is 1.60. The van der Waals surface area contributed by atoms with Crippen LogP contribution in [0.4, 0.5) is 5.69 Å². The number of anilines is 1. The molecule has 0 saturated heterocycles. The smallest absolute Gasteiger partial charge is 0.148 e. The van der Waals surface area contributed by atoms with Crippen molar-refractivity contribution in [3.05, 3.63) is 28.7 Å². The van der Waals surface area contributed by atoms with Crippen LogP contribution in [0, 0.1) is 11.3 Å². The lowest BCUT2D eigenvalue weighted by molar-refractivity contribution is 0.0853. The van der Waals surface area contributed by atoms with E-state index in [4.69, 9.17) is 4.74 Å². The third-order valence-corrected chi connectivity index (χ3v) is 3.36. The fourth-order valence-electron chi connectivity index (χ4n) is 1.30. The topological polar surface area (TPSA) is 45.0 Å². The molecule has 0 saturated carbocycles. The van der Waals surface area contributed by atoms with Gasteiger partial charge in [-0.2, -0.15) is 5.26 Å². The van der Waals surface area contributed by atoms with Crippen LogP contribution in [0.15, 0.2) is 28.7 Å². The molecule has 0 spiro atoms. The average molecular weight is 283 g/mol. The van der Waals surface area contributed by atoms with Crippen molar-refractivity contribution < 1.29 is 4.74 Å². The van der Waals surface area contributed by atoms with E-state index in [2.05, 4.69) is 27.3 Å². The highest BCUT2D eigenvalue weighted by molar-refractivity contribution is 9.10. The fourth-order valence-corrected chi connectivity index (χ4v) is 1.68. The van der Waals surface area contributed by atoms with Crippen LogP contribution < -0.4 is 5.32 Å². The van der Waals surface area contributed by atoms with Crippen molar-refractivity contribution in [3.8, 4) is 6.07 Å². The number of halogens is 1. The van der Waals surface area contributed by atoms with Gasteiger partial charge in [0.1, 0.15) is 5.54 Å². The molecule has 2 unspecified atom stereocenters. The Morgan fingerprint density at radius 3 is 2.62 bits per heavy atom. The first-order valence-electron chi connectivity index (χ1n) is 5.00. The Bertz CT molecular complexity index is 402. The fraction of sp³-hybridized carbons (Fsp3) is 0.417. The maximum atomic E-state index is 9.23. The molecule has 0 heterocycles. The molecule has 0 aliphatic heterocycles. The lowest BCUT2D eigenvalue weighted by atomic mass is 9.97. The summed E-state index contributed by atoms with van der Waals surface area (Å²) in [5.41, 5.74) is 0.133. The molecule has 0 radical (unpaired) electrons. The SMILES string of the molecule is COC(C)C(C)(C#N)Nc1ccccc1Br. The third-order valence-electron chi connectivity index (χ3n) is 2.67. The second-order valence-electron chi connectivity index (χ2n) is 3.80. The first-order chi connectivity index (χ1) is 7.53. The van der Waals surface area contributed by atoms with Crippen molar-refractivity contribution in [3.63, 3.8) is 0 Å². The predicted octanol–water partition coefficient (Wildman–Crippen LogP) is 3.18. The van der Waals surface area contributed by atoms with E-state index in [1.165, 1.54) is 0 Å². The molecule has 0 aliphatic rings. The van der Waals surface area contributed by atoms with Crippen molar-refractivity contribution in [2.24, 2.45) is 0 Å². The normalized spacial score (nSPS) is 15.9. The molecule has 0 bridgehead atoms. The van der Waals surface area contributed by atoms with Gasteiger partial charge in [0, 0.05) is 17.3 Å². The predicted molar refractivity (Wildman–Crippen MR) is 68.3 cm³/mol. The molecule has 2 atom stereocenters. The number of hydrogen-bond donors (Lipinski definition) is 1. The lowest BCUT2D eigenvalue weighted by Crippen LogP contribution is -2.44. The first-order valence-corrected chi connectivity index (χ1v) is 5.79. The Hall–Kier alpha value is -1.05. The summed E-state index contributed by atoms with van der Waals surface area (Å²) >= 11 is 3.44. The highest BCUT2D eigenvalue weighted by Gasteiger charge is 2.31. The van der Waals surface area contributed by atoms with Crippen molar-refractivity contribution in [2.75, 3.05) is 12.4 Å². The number of benzene rings is 1. The summed E-state index contributed by atoms with van der Waals surface area (Å²) in [6.45, 7) is 3.69. The molecule has 16 heavy (non-hydrogen) atoms. The highest BCUT2D eigenvalue weighted by Crippen LogP contribution is 2.26. The maximum Gasteiger partial charge on any atom is 0.148 e. The van der Waals surface area contributed by atoms with Gasteiger partial charge in [-0.25, -0.2) is 0 Å². The number of nitrogens with one attached hydrogen (secondary N) is 1. The minimum absolute atomic E-state index is 0.204. The third kappa shape index (κ3) is 2.75. The van der Waals surface area contributed by atoms with Crippen LogP contribution in [0.25, 0.3) is 0 Å². The lowest BCUT2D eigenvalue weighted by Gasteiger charge is -2.30. The molecule has 0 aliphatic carbocycles. The molecular formula is C12H15BrN2O. The molecular weight excluding hydrogens is 268 g/mol. The molecule has 3 nitrogen and oxygen atoms in total. The Kier molecular flexibility index (Phi) is 4.34. The van der Waals surface area contributed by atoms with E-state index >= 15 is 0 Å². The molecule has 1 N–H and O–H groups in total. The van der Waals surface area contributed by atoms with Crippen LogP contribution in [0.2, 0.25) is 0 Å². The monoisotopic (exact) mass is 282 g/mol. The van der Waals surface area contributed by atoms with E-state index in [-0.39, 0.29) is 6.10 Å². The van der Waals surface area contributed by atoms with E-state index in [1.807, 2.05) is 38.1 Å². The molecule has 1 aromatic carbocycles. The van der Waals surface area contributed by atoms with Gasteiger partial charge in [-0.3, -0.25) is 0 Å². The van der Waals surface area contributed by atoms with E-state index < -0.39 is 5.54 Å². The quantitative estimate of drug-likeness (QED) is 0.923. The second-order valence-corrected chi connectivity index (χ2v) is 4.65. The van der Waals surface area contributed by atoms with Gasteiger partial charge in [-0.15, -0.1) is 0 Å². The van der Waals surface area contributed by atoms with Gasteiger partial charge in [0.2, 0.25) is 0 Å². The first kappa shape index (κ1) is 13.0. The highest BCUT2D eigenvalue weighted by atomic mass is 79.9. The summed E-state index contributed by atoms with van der Waals surface area (Å²) < 4.78 is 6.15. The van der Waals surface area contributed by atoms with E-state index in [0.29, 0.717) is 0 Å². The van der Waals surface area contributed by atoms with Gasteiger partial charge in [0.05, 0.1) is 12.2 Å². The Balaban J connectivity index is 2.95. The zero-order chi connectivity index (χ0) is 12.2. The van der Waals surface area contributed by atoms with Gasteiger partial charge >= 0.3 is 0 Å². The van der Waals surface area contributed by atoms with Crippen LogP contribution in [0.3, 0.4) is 0 Å². The minimum Gasteiger partial charge on any atom is -0.378 e. The van der Waals surface area contributed by atoms with Gasteiger partial charge in [-0.1, -0.05) is 12.1 Å². The minimum atomic E-state index is -0.751. The number of nitrogens with zero attached hydrogens (tertiary/aromatic N) is 1. The second kappa shape index (κ2) is 5.33. The van der Waals surface area contributed by atoms with Gasteiger partial charge in [0.25, 0.3) is 0 Å². The maximum absolute atomic E-state index is 9.23. The Morgan fingerprint density at radius 2 is 2.12 bits per heavy atom. The summed E-state index contributed by atoms with van der Waals surface area (Å²) in [6, 6.07) is 9.94. The van der Waals surface area contributed by atoms with Gasteiger partial charge < -0.3 is 10.1 Å². The largest absolute Gasteiger partial charge is 0.378 e. The van der Waals surface area contributed by atoms with Crippen molar-refractivity contribution in [1.82, 2.24) is 0 Å². The standard InChI is InChI=1S/C12H15BrN2O/c1-9(16-3)12(2,8-14)15-11-7-5-4-6-10(11)13/h4-7,9,15H,1-3H3. The number of nitriles is 1. The van der Waals surface area contributed by atoms with E-state index in [0.717, 1.165) is 10.2 Å². The molecule has 86 valence electrons. The molecule has 0 aromatic heterocycles. The molecule has 4 heteroatoms. The summed E-state index contributed by atoms with van der Waals surface area (Å²) in [5.74, 6) is 0. The number of ether oxygens (including phenoxy) is 1. The zero-order valence-electron chi connectivity index (χ0n) is 9.62. The van der Waals surface area contributed by atoms with Gasteiger partial charge in [0.15, 0.2) is 0 Å². The number of para-hydroxylation sites is 1. The molecule has 1 rings (SSSR count). The Labute approximate surface area is 105 Å². The zero-order valence-corrected chi connectivity index (χ0v) is 11.2. The molecule has 0 fully saturated rings. The van der Waals surface area contributed by atoms with Gasteiger partial charge in [-0.05, 0) is 41.9 Å². The molecule has 1 aromatic rings. The number of hydrogen-bond acceptors (Lipinski definition) is 3. The summed E-state index contributed by atoms with van der Waals surface area (Å²) in [6.07, 6.45) is -0.204. The average Bonchev–Trinajstić information content (AvgIpc) is 2.31.